The van der Waals surface area contributed by atoms with Crippen LogP contribution < -0.4 is 22.4 Å². The van der Waals surface area contributed by atoms with Crippen molar-refractivity contribution in [1.82, 2.24) is 11.0 Å². The molecule has 11 heteroatoms. The zero-order valence-electron chi connectivity index (χ0n) is 7.76. The Morgan fingerprint density at radius 2 is 1.60 bits per heavy atom. The Hall–Kier alpha value is -1.35. The van der Waals surface area contributed by atoms with Crippen LogP contribution in [0.3, 0.4) is 0 Å². The Morgan fingerprint density at radius 1 is 1.20 bits per heavy atom. The van der Waals surface area contributed by atoms with E-state index in [-0.39, 0.29) is 6.61 Å². The molecule has 0 rings (SSSR count). The first-order chi connectivity index (χ1) is 6.89. The number of primary amides is 2. The lowest BCUT2D eigenvalue weighted by molar-refractivity contribution is 0.0623. The van der Waals surface area contributed by atoms with Crippen LogP contribution in [0.4, 0.5) is 9.59 Å². The number of carbonyl (C=O) groups is 2. The van der Waals surface area contributed by atoms with Crippen molar-refractivity contribution in [3.63, 3.8) is 0 Å². The quantitative estimate of drug-likeness (QED) is 0.357. The van der Waals surface area contributed by atoms with E-state index in [4.69, 9.17) is 0 Å². The summed E-state index contributed by atoms with van der Waals surface area (Å²) in [5.74, 6) is 0. The minimum Gasteiger partial charge on any atom is -0.350 e. The zero-order chi connectivity index (χ0) is 11.9. The van der Waals surface area contributed by atoms with Gasteiger partial charge in [0.15, 0.2) is 0 Å². The molecule has 0 spiro atoms. The predicted octanol–water partition coefficient (Wildman–Crippen LogP) is -0.669. The second-order valence-corrected chi connectivity index (χ2v) is 3.50. The molecular formula is C4H11N4O6P. The summed E-state index contributed by atoms with van der Waals surface area (Å²) < 4.78 is 24.3. The fourth-order valence-electron chi connectivity index (χ4n) is 0.431. The lowest BCUT2D eigenvalue weighted by atomic mass is 10.9. The summed E-state index contributed by atoms with van der Waals surface area (Å²) in [4.78, 5) is 20.5. The Labute approximate surface area is 84.7 Å². The molecule has 0 radical (unpaired) electrons. The molecule has 88 valence electrons. The maximum absolute atomic E-state index is 11.4. The van der Waals surface area contributed by atoms with Crippen molar-refractivity contribution in [2.24, 2.45) is 11.5 Å². The molecule has 0 unspecified atom stereocenters. The van der Waals surface area contributed by atoms with E-state index in [2.05, 4.69) is 25.2 Å². The SMILES string of the molecule is CCOP(=O)(ONC(N)=O)ONC(N)=O. The zero-order valence-corrected chi connectivity index (χ0v) is 8.65. The highest BCUT2D eigenvalue weighted by Gasteiger charge is 2.29. The summed E-state index contributed by atoms with van der Waals surface area (Å²) in [6.07, 6.45) is 0. The average molecular weight is 242 g/mol. The highest BCUT2D eigenvalue weighted by molar-refractivity contribution is 7.48. The summed E-state index contributed by atoms with van der Waals surface area (Å²) in [5, 5.41) is 0. The van der Waals surface area contributed by atoms with E-state index in [0.717, 1.165) is 0 Å². The first kappa shape index (κ1) is 13.7. The van der Waals surface area contributed by atoms with Crippen LogP contribution in [0.2, 0.25) is 0 Å². The van der Waals surface area contributed by atoms with Gasteiger partial charge in [-0.2, -0.15) is 9.25 Å². The molecule has 0 aromatic carbocycles. The molecule has 6 N–H and O–H groups in total. The van der Waals surface area contributed by atoms with Crippen LogP contribution in [-0.4, -0.2) is 18.7 Å². The molecule has 0 saturated heterocycles. The third kappa shape index (κ3) is 6.69. The van der Waals surface area contributed by atoms with Gasteiger partial charge < -0.3 is 11.5 Å². The largest absolute Gasteiger partial charge is 0.518 e. The van der Waals surface area contributed by atoms with Crippen LogP contribution in [0, 0.1) is 0 Å². The van der Waals surface area contributed by atoms with E-state index in [1.807, 2.05) is 0 Å². The van der Waals surface area contributed by atoms with Gasteiger partial charge >= 0.3 is 19.9 Å². The standard InChI is InChI=1S/C4H11N4O6P/c1-2-12-15(11,13-7-3(5)9)14-8-4(6)10/h2H2,1H3,(H3,5,7,9)(H3,6,8,10). The number of urea groups is 2. The first-order valence-corrected chi connectivity index (χ1v) is 5.08. The Morgan fingerprint density at radius 3 is 1.87 bits per heavy atom. The molecule has 0 aliphatic carbocycles. The lowest BCUT2D eigenvalue weighted by Gasteiger charge is -2.14. The van der Waals surface area contributed by atoms with Gasteiger partial charge in [-0.25, -0.2) is 25.1 Å². The van der Waals surface area contributed by atoms with Gasteiger partial charge in [-0.1, -0.05) is 0 Å². The van der Waals surface area contributed by atoms with Gasteiger partial charge in [-0.15, -0.1) is 0 Å². The minimum absolute atomic E-state index is 0.0574. The topological polar surface area (TPSA) is 155 Å². The van der Waals surface area contributed by atoms with Crippen molar-refractivity contribution in [1.29, 1.82) is 0 Å². The van der Waals surface area contributed by atoms with Gasteiger partial charge in [0.25, 0.3) is 0 Å². The fraction of sp³-hybridized carbons (Fsp3) is 0.500. The second kappa shape index (κ2) is 6.19. The number of nitrogens with one attached hydrogen (secondary N) is 2. The van der Waals surface area contributed by atoms with Crippen LogP contribution in [0.15, 0.2) is 0 Å². The maximum atomic E-state index is 11.4. The molecule has 0 heterocycles. The van der Waals surface area contributed by atoms with Crippen LogP contribution >= 0.6 is 7.82 Å². The summed E-state index contributed by atoms with van der Waals surface area (Å²) in [6.45, 7) is 1.42. The molecule has 0 aromatic heterocycles. The minimum atomic E-state index is -4.15. The van der Waals surface area contributed by atoms with Crippen LogP contribution in [0.5, 0.6) is 0 Å². The predicted molar refractivity (Wildman–Crippen MR) is 46.8 cm³/mol. The van der Waals surface area contributed by atoms with Crippen molar-refractivity contribution in [2.45, 2.75) is 6.92 Å². The fourth-order valence-corrected chi connectivity index (χ4v) is 1.29. The highest BCUT2D eigenvalue weighted by Crippen LogP contribution is 2.46. The van der Waals surface area contributed by atoms with Crippen molar-refractivity contribution in [2.75, 3.05) is 6.61 Å². The number of rotatable bonds is 6. The molecule has 0 aliphatic rings. The van der Waals surface area contributed by atoms with Gasteiger partial charge in [0.05, 0.1) is 6.61 Å². The third-order valence-corrected chi connectivity index (χ3v) is 2.01. The monoisotopic (exact) mass is 242 g/mol. The first-order valence-electron chi connectivity index (χ1n) is 3.62. The molecule has 10 nitrogen and oxygen atoms in total. The Bertz CT molecular complexity index is 260. The summed E-state index contributed by atoms with van der Waals surface area (Å²) in [5.41, 5.74) is 12.3. The van der Waals surface area contributed by atoms with E-state index >= 15 is 0 Å². The van der Waals surface area contributed by atoms with Crippen LogP contribution in [0.1, 0.15) is 6.92 Å². The second-order valence-electron chi connectivity index (χ2n) is 1.98. The van der Waals surface area contributed by atoms with Crippen LogP contribution in [-0.2, 0) is 18.3 Å². The number of hydrogen-bond donors (Lipinski definition) is 4. The normalized spacial score (nSPS) is 10.7. The van der Waals surface area contributed by atoms with Gasteiger partial charge in [0, 0.05) is 0 Å². The van der Waals surface area contributed by atoms with Gasteiger partial charge in [0.1, 0.15) is 0 Å². The number of phosphoric acid groups is 1. The third-order valence-electron chi connectivity index (χ3n) is 0.803. The van der Waals surface area contributed by atoms with Crippen molar-refractivity contribution < 1.29 is 27.9 Å². The van der Waals surface area contributed by atoms with E-state index in [9.17, 15) is 14.2 Å². The number of amides is 4. The van der Waals surface area contributed by atoms with Crippen LogP contribution in [0.25, 0.3) is 0 Å². The molecule has 0 saturated carbocycles. The van der Waals surface area contributed by atoms with Gasteiger partial charge in [0.2, 0.25) is 0 Å². The lowest BCUT2D eigenvalue weighted by Crippen LogP contribution is -2.32. The van der Waals surface area contributed by atoms with E-state index in [0.29, 0.717) is 0 Å². The van der Waals surface area contributed by atoms with Gasteiger partial charge in [-0.3, -0.25) is 4.52 Å². The van der Waals surface area contributed by atoms with Crippen molar-refractivity contribution >= 4 is 19.9 Å². The molecule has 0 fully saturated rings. The average Bonchev–Trinajstić information content (AvgIpc) is 2.13. The van der Waals surface area contributed by atoms with Crippen molar-refractivity contribution in [3.05, 3.63) is 0 Å². The summed E-state index contributed by atoms with van der Waals surface area (Å²) >= 11 is 0. The summed E-state index contributed by atoms with van der Waals surface area (Å²) in [7, 11) is -4.15. The molecule has 0 aliphatic heterocycles. The van der Waals surface area contributed by atoms with E-state index in [1.165, 1.54) is 17.9 Å². The molecule has 4 amide bonds. The molecular weight excluding hydrogens is 231 g/mol. The van der Waals surface area contributed by atoms with Gasteiger partial charge in [-0.05, 0) is 6.92 Å². The number of hydrogen-bond acceptors (Lipinski definition) is 6. The highest BCUT2D eigenvalue weighted by atomic mass is 31.2. The van der Waals surface area contributed by atoms with E-state index in [1.54, 1.807) is 0 Å². The Balaban J connectivity index is 4.24. The number of carbonyl (C=O) groups excluding carboxylic acids is 2. The Kier molecular flexibility index (Phi) is 5.64. The smallest absolute Gasteiger partial charge is 0.350 e. The number of nitrogens with two attached hydrogens (primary N) is 2. The molecule has 15 heavy (non-hydrogen) atoms. The summed E-state index contributed by atoms with van der Waals surface area (Å²) in [6, 6.07) is -2.23. The molecule has 0 atom stereocenters. The maximum Gasteiger partial charge on any atom is 0.518 e. The molecule has 0 aromatic rings. The van der Waals surface area contributed by atoms with Crippen molar-refractivity contribution in [3.8, 4) is 0 Å². The number of hydroxylamine groups is 2. The van der Waals surface area contributed by atoms with E-state index < -0.39 is 19.9 Å². The molecule has 0 bridgehead atoms.